The quantitative estimate of drug-likeness (QED) is 0.784. The van der Waals surface area contributed by atoms with E-state index in [1.54, 1.807) is 0 Å². The van der Waals surface area contributed by atoms with E-state index in [2.05, 4.69) is 47.9 Å². The fourth-order valence-corrected chi connectivity index (χ4v) is 2.92. The van der Waals surface area contributed by atoms with Gasteiger partial charge < -0.3 is 10.4 Å². The molecule has 2 aromatic rings. The van der Waals surface area contributed by atoms with Gasteiger partial charge in [0.15, 0.2) is 0 Å². The third-order valence-corrected chi connectivity index (χ3v) is 4.12. The number of hydrogen-bond donors (Lipinski definition) is 2. The standard InChI is InChI=1S/C17H29N5O/c1-6-17-16(10-19-22(17)11-12(2)3)18-9-15-13(4)20-21(7-8-23)14(15)5/h10,12,18,23H,6-9,11H2,1-5H3. The molecule has 0 aromatic carbocycles. The van der Waals surface area contributed by atoms with E-state index in [4.69, 9.17) is 5.11 Å². The molecule has 0 aliphatic heterocycles. The van der Waals surface area contributed by atoms with Crippen molar-refractivity contribution in [1.82, 2.24) is 19.6 Å². The molecule has 0 saturated carbocycles. The zero-order chi connectivity index (χ0) is 17.0. The zero-order valence-electron chi connectivity index (χ0n) is 14.9. The van der Waals surface area contributed by atoms with Crippen LogP contribution in [0.4, 0.5) is 5.69 Å². The van der Waals surface area contributed by atoms with Crippen LogP contribution in [0.2, 0.25) is 0 Å². The van der Waals surface area contributed by atoms with Crippen molar-refractivity contribution < 1.29 is 5.11 Å². The fourth-order valence-electron chi connectivity index (χ4n) is 2.92. The first-order valence-electron chi connectivity index (χ1n) is 8.40. The highest BCUT2D eigenvalue weighted by atomic mass is 16.3. The van der Waals surface area contributed by atoms with E-state index in [1.807, 2.05) is 17.8 Å². The van der Waals surface area contributed by atoms with E-state index in [0.29, 0.717) is 12.5 Å². The molecule has 0 atom stereocenters. The van der Waals surface area contributed by atoms with Gasteiger partial charge in [-0.3, -0.25) is 9.36 Å². The van der Waals surface area contributed by atoms with Crippen LogP contribution in [0.1, 0.15) is 43.4 Å². The van der Waals surface area contributed by atoms with E-state index >= 15 is 0 Å². The second kappa shape index (κ2) is 7.64. The number of nitrogens with zero attached hydrogens (tertiary/aromatic N) is 4. The molecule has 23 heavy (non-hydrogen) atoms. The summed E-state index contributed by atoms with van der Waals surface area (Å²) in [5.41, 5.74) is 5.66. The molecular formula is C17H29N5O. The van der Waals surface area contributed by atoms with Crippen LogP contribution in [0.5, 0.6) is 0 Å². The zero-order valence-corrected chi connectivity index (χ0v) is 14.9. The monoisotopic (exact) mass is 319 g/mol. The molecular weight excluding hydrogens is 290 g/mol. The summed E-state index contributed by atoms with van der Waals surface area (Å²) in [5.74, 6) is 0.578. The topological polar surface area (TPSA) is 67.9 Å². The van der Waals surface area contributed by atoms with Crippen LogP contribution in [-0.2, 0) is 26.1 Å². The summed E-state index contributed by atoms with van der Waals surface area (Å²) in [7, 11) is 0. The van der Waals surface area contributed by atoms with Gasteiger partial charge in [-0.1, -0.05) is 20.8 Å². The Kier molecular flexibility index (Phi) is 5.82. The maximum absolute atomic E-state index is 9.11. The van der Waals surface area contributed by atoms with Gasteiger partial charge in [-0.2, -0.15) is 10.2 Å². The highest BCUT2D eigenvalue weighted by Crippen LogP contribution is 2.20. The summed E-state index contributed by atoms with van der Waals surface area (Å²) in [6.07, 6.45) is 2.88. The third kappa shape index (κ3) is 3.93. The van der Waals surface area contributed by atoms with Gasteiger partial charge in [-0.05, 0) is 26.2 Å². The number of hydrogen-bond acceptors (Lipinski definition) is 4. The molecule has 0 aliphatic rings. The Labute approximate surface area is 138 Å². The predicted octanol–water partition coefficient (Wildman–Crippen LogP) is 2.52. The van der Waals surface area contributed by atoms with Gasteiger partial charge in [-0.25, -0.2) is 0 Å². The smallest absolute Gasteiger partial charge is 0.0761 e. The van der Waals surface area contributed by atoms with Gasteiger partial charge in [0.25, 0.3) is 0 Å². The van der Waals surface area contributed by atoms with E-state index in [0.717, 1.165) is 36.6 Å². The lowest BCUT2D eigenvalue weighted by atomic mass is 10.2. The molecule has 6 heteroatoms. The van der Waals surface area contributed by atoms with Crippen LogP contribution < -0.4 is 5.32 Å². The number of nitrogens with one attached hydrogen (secondary N) is 1. The summed E-state index contributed by atoms with van der Waals surface area (Å²) < 4.78 is 3.97. The molecule has 2 rings (SSSR count). The van der Waals surface area contributed by atoms with Gasteiger partial charge >= 0.3 is 0 Å². The normalized spacial score (nSPS) is 11.4. The van der Waals surface area contributed by atoms with Crippen LogP contribution in [-0.4, -0.2) is 31.3 Å². The summed E-state index contributed by atoms with van der Waals surface area (Å²) in [5, 5.41) is 21.6. The lowest BCUT2D eigenvalue weighted by Crippen LogP contribution is -2.11. The van der Waals surface area contributed by atoms with Crippen molar-refractivity contribution in [2.75, 3.05) is 11.9 Å². The Morgan fingerprint density at radius 1 is 1.26 bits per heavy atom. The lowest BCUT2D eigenvalue weighted by molar-refractivity contribution is 0.268. The maximum Gasteiger partial charge on any atom is 0.0761 e. The number of aryl methyl sites for hydroxylation is 1. The highest BCUT2D eigenvalue weighted by molar-refractivity contribution is 5.47. The largest absolute Gasteiger partial charge is 0.394 e. The summed E-state index contributed by atoms with van der Waals surface area (Å²) in [6.45, 7) is 13.0. The van der Waals surface area contributed by atoms with Crippen LogP contribution in [0.25, 0.3) is 0 Å². The molecule has 0 unspecified atom stereocenters. The van der Waals surface area contributed by atoms with E-state index in [9.17, 15) is 0 Å². The van der Waals surface area contributed by atoms with Crippen LogP contribution >= 0.6 is 0 Å². The van der Waals surface area contributed by atoms with Gasteiger partial charge in [0.1, 0.15) is 0 Å². The van der Waals surface area contributed by atoms with Crippen LogP contribution in [0.15, 0.2) is 6.20 Å². The number of anilines is 1. The molecule has 0 fully saturated rings. The minimum atomic E-state index is 0.108. The van der Waals surface area contributed by atoms with E-state index in [-0.39, 0.29) is 6.61 Å². The van der Waals surface area contributed by atoms with E-state index in [1.165, 1.54) is 11.3 Å². The van der Waals surface area contributed by atoms with Crippen molar-refractivity contribution in [2.45, 2.75) is 60.7 Å². The van der Waals surface area contributed by atoms with Crippen molar-refractivity contribution in [3.05, 3.63) is 28.8 Å². The molecule has 2 N–H and O–H groups in total. The summed E-state index contributed by atoms with van der Waals surface area (Å²) in [4.78, 5) is 0. The molecule has 0 saturated heterocycles. The van der Waals surface area contributed by atoms with Crippen molar-refractivity contribution >= 4 is 5.69 Å². The van der Waals surface area contributed by atoms with Crippen molar-refractivity contribution in [3.63, 3.8) is 0 Å². The molecule has 0 bridgehead atoms. The van der Waals surface area contributed by atoms with Gasteiger partial charge in [0, 0.05) is 24.3 Å². The van der Waals surface area contributed by atoms with Crippen LogP contribution in [0, 0.1) is 19.8 Å². The highest BCUT2D eigenvalue weighted by Gasteiger charge is 2.14. The predicted molar refractivity (Wildman–Crippen MR) is 92.6 cm³/mol. The first kappa shape index (κ1) is 17.5. The second-order valence-electron chi connectivity index (χ2n) is 6.38. The van der Waals surface area contributed by atoms with Crippen LogP contribution in [0.3, 0.4) is 0 Å². The lowest BCUT2D eigenvalue weighted by Gasteiger charge is -2.11. The molecule has 6 nitrogen and oxygen atoms in total. The molecule has 2 aromatic heterocycles. The Hall–Kier alpha value is -1.82. The average Bonchev–Trinajstić information content (AvgIpc) is 2.99. The number of aromatic nitrogens is 4. The molecule has 0 amide bonds. The molecule has 0 aliphatic carbocycles. The Morgan fingerprint density at radius 2 is 2.00 bits per heavy atom. The second-order valence-corrected chi connectivity index (χ2v) is 6.38. The Morgan fingerprint density at radius 3 is 2.61 bits per heavy atom. The number of rotatable bonds is 8. The Balaban J connectivity index is 2.14. The fraction of sp³-hybridized carbons (Fsp3) is 0.647. The molecule has 0 radical (unpaired) electrons. The Bertz CT molecular complexity index is 642. The molecule has 2 heterocycles. The summed E-state index contributed by atoms with van der Waals surface area (Å²) >= 11 is 0. The van der Waals surface area contributed by atoms with Crippen molar-refractivity contribution in [3.8, 4) is 0 Å². The van der Waals surface area contributed by atoms with E-state index < -0.39 is 0 Å². The van der Waals surface area contributed by atoms with Gasteiger partial charge in [-0.15, -0.1) is 0 Å². The van der Waals surface area contributed by atoms with Gasteiger partial charge in [0.05, 0.1) is 36.4 Å². The minimum Gasteiger partial charge on any atom is -0.394 e. The first-order valence-corrected chi connectivity index (χ1v) is 8.40. The summed E-state index contributed by atoms with van der Waals surface area (Å²) in [6, 6.07) is 0. The molecule has 0 spiro atoms. The van der Waals surface area contributed by atoms with Crippen molar-refractivity contribution in [2.24, 2.45) is 5.92 Å². The SMILES string of the molecule is CCc1c(NCc2c(C)nn(CCO)c2C)cnn1CC(C)C. The third-order valence-electron chi connectivity index (χ3n) is 4.12. The van der Waals surface area contributed by atoms with Gasteiger partial charge in [0.2, 0.25) is 0 Å². The number of aliphatic hydroxyl groups excluding tert-OH is 1. The molecule has 128 valence electrons. The first-order chi connectivity index (χ1) is 11.0. The average molecular weight is 319 g/mol. The van der Waals surface area contributed by atoms with Crippen molar-refractivity contribution in [1.29, 1.82) is 0 Å². The maximum atomic E-state index is 9.11. The number of aliphatic hydroxyl groups is 1. The minimum absolute atomic E-state index is 0.108.